The molecule has 130 valence electrons. The lowest BCUT2D eigenvalue weighted by Gasteiger charge is -2.11. The summed E-state index contributed by atoms with van der Waals surface area (Å²) in [6.07, 6.45) is 3.87. The molecule has 0 aliphatic heterocycles. The lowest BCUT2D eigenvalue weighted by atomic mass is 10.1. The third-order valence-corrected chi connectivity index (χ3v) is 4.07. The van der Waals surface area contributed by atoms with Crippen molar-refractivity contribution in [3.63, 3.8) is 0 Å². The van der Waals surface area contributed by atoms with E-state index in [2.05, 4.69) is 11.7 Å². The highest BCUT2D eigenvalue weighted by Crippen LogP contribution is 2.17. The Labute approximate surface area is 146 Å². The second kappa shape index (κ2) is 6.93. The van der Waals surface area contributed by atoms with Crippen LogP contribution in [-0.2, 0) is 13.5 Å². The molecule has 0 saturated heterocycles. The fourth-order valence-corrected chi connectivity index (χ4v) is 2.69. The van der Waals surface area contributed by atoms with Gasteiger partial charge in [-0.05, 0) is 31.5 Å². The van der Waals surface area contributed by atoms with Crippen molar-refractivity contribution in [2.24, 2.45) is 7.05 Å². The number of hydrogen-bond acceptors (Lipinski definition) is 4. The van der Waals surface area contributed by atoms with Crippen molar-refractivity contribution in [2.75, 3.05) is 6.61 Å². The van der Waals surface area contributed by atoms with Crippen molar-refractivity contribution in [2.45, 2.75) is 26.3 Å². The van der Waals surface area contributed by atoms with Gasteiger partial charge in [0.1, 0.15) is 23.6 Å². The first kappa shape index (κ1) is 17.0. The summed E-state index contributed by atoms with van der Waals surface area (Å²) in [6.45, 7) is 8.15. The lowest BCUT2D eigenvalue weighted by molar-refractivity contribution is 0.363. The van der Waals surface area contributed by atoms with E-state index in [4.69, 9.17) is 9.72 Å². The summed E-state index contributed by atoms with van der Waals surface area (Å²) in [4.78, 5) is 17.3. The number of fused-ring (bicyclic) bond motifs is 1. The lowest BCUT2D eigenvalue weighted by Crippen LogP contribution is -2.23. The summed E-state index contributed by atoms with van der Waals surface area (Å²) < 4.78 is 8.87. The predicted molar refractivity (Wildman–Crippen MR) is 98.1 cm³/mol. The largest absolute Gasteiger partial charge is 0.490 e. The van der Waals surface area contributed by atoms with Crippen molar-refractivity contribution in [1.29, 1.82) is 0 Å². The Morgan fingerprint density at radius 2 is 2.00 bits per heavy atom. The molecule has 0 spiro atoms. The van der Waals surface area contributed by atoms with Crippen LogP contribution in [0.3, 0.4) is 0 Å². The summed E-state index contributed by atoms with van der Waals surface area (Å²) in [5.41, 5.74) is 1.63. The van der Waals surface area contributed by atoms with E-state index in [9.17, 15) is 4.79 Å². The molecule has 0 atom stereocenters. The number of benzene rings is 1. The van der Waals surface area contributed by atoms with Crippen LogP contribution in [0.2, 0.25) is 0 Å². The molecule has 25 heavy (non-hydrogen) atoms. The zero-order chi connectivity index (χ0) is 18.0. The Bertz CT molecular complexity index is 952. The van der Waals surface area contributed by atoms with Crippen LogP contribution in [-0.4, -0.2) is 25.9 Å². The number of aromatic nitrogens is 4. The maximum absolute atomic E-state index is 12.6. The molecule has 6 nitrogen and oxygen atoms in total. The van der Waals surface area contributed by atoms with Gasteiger partial charge in [-0.3, -0.25) is 9.36 Å². The minimum Gasteiger partial charge on any atom is -0.490 e. The molecule has 0 aliphatic carbocycles. The Hall–Kier alpha value is -2.89. The van der Waals surface area contributed by atoms with E-state index >= 15 is 0 Å². The molecule has 0 fully saturated rings. The predicted octanol–water partition coefficient (Wildman–Crippen LogP) is 2.87. The van der Waals surface area contributed by atoms with Crippen molar-refractivity contribution >= 4 is 11.0 Å². The SMILES string of the molecule is C=CCOc1ccc(Cc2nc3c(cnn3C(C)C)c(=O)n2C)cc1. The van der Waals surface area contributed by atoms with Crippen LogP contribution in [0.25, 0.3) is 11.0 Å². The molecule has 0 N–H and O–H groups in total. The van der Waals surface area contributed by atoms with Gasteiger partial charge in [0.05, 0.1) is 6.20 Å². The number of ether oxygens (including phenoxy) is 1. The fraction of sp³-hybridized carbons (Fsp3) is 0.316. The third-order valence-electron chi connectivity index (χ3n) is 4.07. The Kier molecular flexibility index (Phi) is 4.70. The topological polar surface area (TPSA) is 61.9 Å². The van der Waals surface area contributed by atoms with Crippen molar-refractivity contribution in [3.8, 4) is 5.75 Å². The van der Waals surface area contributed by atoms with Crippen molar-refractivity contribution < 1.29 is 4.74 Å². The van der Waals surface area contributed by atoms with Crippen LogP contribution in [0.15, 0.2) is 47.9 Å². The van der Waals surface area contributed by atoms with Gasteiger partial charge in [-0.15, -0.1) is 0 Å². The molecule has 0 saturated carbocycles. The quantitative estimate of drug-likeness (QED) is 0.649. The normalized spacial score (nSPS) is 11.2. The zero-order valence-electron chi connectivity index (χ0n) is 14.8. The van der Waals surface area contributed by atoms with E-state index < -0.39 is 0 Å². The summed E-state index contributed by atoms with van der Waals surface area (Å²) in [6, 6.07) is 7.93. The van der Waals surface area contributed by atoms with Crippen LogP contribution in [0, 0.1) is 0 Å². The summed E-state index contributed by atoms with van der Waals surface area (Å²) in [7, 11) is 1.75. The summed E-state index contributed by atoms with van der Waals surface area (Å²) in [5.74, 6) is 1.50. The molecule has 2 aromatic heterocycles. The van der Waals surface area contributed by atoms with Gasteiger partial charge in [-0.25, -0.2) is 9.67 Å². The van der Waals surface area contributed by atoms with Crippen LogP contribution in [0.4, 0.5) is 0 Å². The number of nitrogens with zero attached hydrogens (tertiary/aromatic N) is 4. The average Bonchev–Trinajstić information content (AvgIpc) is 3.03. The molecule has 6 heteroatoms. The molecule has 0 amide bonds. The van der Waals surface area contributed by atoms with Gasteiger partial charge in [0.25, 0.3) is 5.56 Å². The van der Waals surface area contributed by atoms with E-state index in [0.29, 0.717) is 29.9 Å². The van der Waals surface area contributed by atoms with Crippen LogP contribution in [0.5, 0.6) is 5.75 Å². The van der Waals surface area contributed by atoms with Crippen LogP contribution >= 0.6 is 0 Å². The first-order valence-electron chi connectivity index (χ1n) is 8.27. The maximum Gasteiger partial charge on any atom is 0.264 e. The van der Waals surface area contributed by atoms with Gasteiger partial charge in [0.15, 0.2) is 5.65 Å². The van der Waals surface area contributed by atoms with E-state index in [1.165, 1.54) is 0 Å². The molecule has 2 heterocycles. The van der Waals surface area contributed by atoms with Gasteiger partial charge in [-0.2, -0.15) is 5.10 Å². The minimum absolute atomic E-state index is 0.0714. The summed E-state index contributed by atoms with van der Waals surface area (Å²) >= 11 is 0. The van der Waals surface area contributed by atoms with Gasteiger partial charge in [0.2, 0.25) is 0 Å². The second-order valence-electron chi connectivity index (χ2n) is 6.23. The third kappa shape index (κ3) is 3.33. The van der Waals surface area contributed by atoms with E-state index in [1.807, 2.05) is 38.1 Å². The fourth-order valence-electron chi connectivity index (χ4n) is 2.69. The van der Waals surface area contributed by atoms with Gasteiger partial charge >= 0.3 is 0 Å². The van der Waals surface area contributed by atoms with E-state index in [-0.39, 0.29) is 11.6 Å². The highest BCUT2D eigenvalue weighted by atomic mass is 16.5. The van der Waals surface area contributed by atoms with Crippen LogP contribution in [0.1, 0.15) is 31.3 Å². The highest BCUT2D eigenvalue weighted by molar-refractivity contribution is 5.73. The smallest absolute Gasteiger partial charge is 0.264 e. The molecule has 0 aliphatic rings. The standard InChI is InChI=1S/C19H22N4O2/c1-5-10-25-15-8-6-14(7-9-15)11-17-21-18-16(19(24)22(17)4)12-20-23(18)13(2)3/h5-9,12-13H,1,10-11H2,2-4H3. The van der Waals surface area contributed by atoms with Gasteiger partial charge in [0, 0.05) is 19.5 Å². The molecule has 3 rings (SSSR count). The average molecular weight is 338 g/mol. The van der Waals surface area contributed by atoms with E-state index in [0.717, 1.165) is 11.3 Å². The first-order chi connectivity index (χ1) is 12.0. The first-order valence-corrected chi connectivity index (χ1v) is 8.27. The Balaban J connectivity index is 1.95. The van der Waals surface area contributed by atoms with E-state index in [1.54, 1.807) is 28.6 Å². The zero-order valence-corrected chi connectivity index (χ0v) is 14.8. The number of hydrogen-bond donors (Lipinski definition) is 0. The molecular formula is C19H22N4O2. The van der Waals surface area contributed by atoms with Gasteiger partial charge in [-0.1, -0.05) is 24.8 Å². The monoisotopic (exact) mass is 338 g/mol. The van der Waals surface area contributed by atoms with Crippen molar-refractivity contribution in [1.82, 2.24) is 19.3 Å². The molecule has 0 unspecified atom stereocenters. The molecule has 0 bridgehead atoms. The summed E-state index contributed by atoms with van der Waals surface area (Å²) in [5, 5.41) is 4.85. The molecule has 3 aromatic rings. The maximum atomic E-state index is 12.6. The molecule has 0 radical (unpaired) electrons. The Morgan fingerprint density at radius 1 is 1.28 bits per heavy atom. The van der Waals surface area contributed by atoms with Crippen LogP contribution < -0.4 is 10.3 Å². The number of rotatable bonds is 6. The van der Waals surface area contributed by atoms with Gasteiger partial charge < -0.3 is 4.74 Å². The highest BCUT2D eigenvalue weighted by Gasteiger charge is 2.14. The van der Waals surface area contributed by atoms with Crippen molar-refractivity contribution in [3.05, 3.63) is 64.9 Å². The molecule has 1 aromatic carbocycles. The second-order valence-corrected chi connectivity index (χ2v) is 6.23. The molecular weight excluding hydrogens is 316 g/mol. The minimum atomic E-state index is -0.0714. The Morgan fingerprint density at radius 3 is 2.64 bits per heavy atom.